The lowest BCUT2D eigenvalue weighted by atomic mass is 10.2. The topological polar surface area (TPSA) is 91.3 Å². The van der Waals surface area contributed by atoms with Crippen molar-refractivity contribution in [1.82, 2.24) is 19.9 Å². The summed E-state index contributed by atoms with van der Waals surface area (Å²) >= 11 is 7.34. The fourth-order valence-corrected chi connectivity index (χ4v) is 4.06. The number of hydrogen-bond acceptors (Lipinski definition) is 7. The summed E-state index contributed by atoms with van der Waals surface area (Å²) in [6.45, 7) is 2.79. The number of rotatable bonds is 5. The molecule has 0 saturated carbocycles. The van der Waals surface area contributed by atoms with Gasteiger partial charge in [0.1, 0.15) is 0 Å². The smallest absolute Gasteiger partial charge is 0.295 e. The van der Waals surface area contributed by atoms with Gasteiger partial charge in [0.2, 0.25) is 11.7 Å². The summed E-state index contributed by atoms with van der Waals surface area (Å²) < 4.78 is 0. The second kappa shape index (κ2) is 9.19. The van der Waals surface area contributed by atoms with Crippen LogP contribution in [0.25, 0.3) is 0 Å². The quantitative estimate of drug-likeness (QED) is 0.653. The molecular formula is C20H19ClN6O2S. The number of carbonyl (C=O) groups excluding carboxylic acids is 2. The molecule has 10 heteroatoms. The van der Waals surface area contributed by atoms with Crippen LogP contribution in [0.1, 0.15) is 16.3 Å². The van der Waals surface area contributed by atoms with Crippen molar-refractivity contribution in [3.8, 4) is 0 Å². The first kappa shape index (κ1) is 20.2. The van der Waals surface area contributed by atoms with Gasteiger partial charge in [0.25, 0.3) is 5.91 Å². The van der Waals surface area contributed by atoms with Crippen molar-refractivity contribution >= 4 is 45.6 Å². The van der Waals surface area contributed by atoms with Crippen molar-refractivity contribution in [1.29, 1.82) is 0 Å². The highest BCUT2D eigenvalue weighted by atomic mass is 35.5. The summed E-state index contributed by atoms with van der Waals surface area (Å²) in [5, 5.41) is 5.56. The summed E-state index contributed by atoms with van der Waals surface area (Å²) in [6, 6.07) is 9.37. The minimum atomic E-state index is -0.431. The molecule has 3 heterocycles. The van der Waals surface area contributed by atoms with Crippen molar-refractivity contribution in [3.05, 3.63) is 64.6 Å². The Bertz CT molecular complexity index is 1040. The number of amides is 2. The van der Waals surface area contributed by atoms with Crippen molar-refractivity contribution in [3.63, 3.8) is 0 Å². The van der Waals surface area contributed by atoms with Gasteiger partial charge in [-0.2, -0.15) is 0 Å². The Kier molecular flexibility index (Phi) is 6.20. The molecule has 1 aliphatic rings. The molecule has 1 N–H and O–H groups in total. The molecule has 30 heavy (non-hydrogen) atoms. The van der Waals surface area contributed by atoms with E-state index in [-0.39, 0.29) is 18.2 Å². The van der Waals surface area contributed by atoms with Crippen LogP contribution in [0.5, 0.6) is 0 Å². The van der Waals surface area contributed by atoms with Gasteiger partial charge in [-0.05, 0) is 24.3 Å². The van der Waals surface area contributed by atoms with E-state index in [4.69, 9.17) is 11.6 Å². The van der Waals surface area contributed by atoms with Crippen molar-refractivity contribution < 1.29 is 9.59 Å². The van der Waals surface area contributed by atoms with Gasteiger partial charge in [-0.15, -0.1) is 11.3 Å². The Morgan fingerprint density at radius 1 is 1.10 bits per heavy atom. The van der Waals surface area contributed by atoms with Crippen molar-refractivity contribution in [2.24, 2.45) is 0 Å². The van der Waals surface area contributed by atoms with Gasteiger partial charge in [0.05, 0.1) is 12.1 Å². The molecule has 4 rings (SSSR count). The van der Waals surface area contributed by atoms with Gasteiger partial charge in [0.15, 0.2) is 5.13 Å². The van der Waals surface area contributed by atoms with Crippen molar-refractivity contribution in [2.45, 2.75) is 6.42 Å². The van der Waals surface area contributed by atoms with E-state index < -0.39 is 5.91 Å². The molecule has 0 spiro atoms. The first-order valence-corrected chi connectivity index (χ1v) is 10.7. The predicted molar refractivity (Wildman–Crippen MR) is 116 cm³/mol. The highest BCUT2D eigenvalue weighted by Gasteiger charge is 2.22. The molecule has 1 fully saturated rings. The molecule has 2 aromatic heterocycles. The third kappa shape index (κ3) is 4.92. The Balaban J connectivity index is 1.29. The second-order valence-electron chi connectivity index (χ2n) is 6.70. The minimum Gasteiger partial charge on any atom is -0.368 e. The van der Waals surface area contributed by atoms with Gasteiger partial charge in [-0.25, -0.2) is 15.0 Å². The number of piperazine rings is 1. The van der Waals surface area contributed by atoms with Gasteiger partial charge in [-0.3, -0.25) is 14.9 Å². The normalized spacial score (nSPS) is 13.9. The molecule has 0 unspecified atom stereocenters. The lowest BCUT2D eigenvalue weighted by Crippen LogP contribution is -2.49. The van der Waals surface area contributed by atoms with Gasteiger partial charge in [-0.1, -0.05) is 17.7 Å². The van der Waals surface area contributed by atoms with E-state index in [1.165, 1.54) is 23.7 Å². The number of carbonyl (C=O) groups is 2. The molecular weight excluding hydrogens is 424 g/mol. The van der Waals surface area contributed by atoms with Crippen LogP contribution in [-0.4, -0.2) is 57.8 Å². The van der Waals surface area contributed by atoms with Gasteiger partial charge < -0.3 is 9.80 Å². The highest BCUT2D eigenvalue weighted by Crippen LogP contribution is 2.21. The fraction of sp³-hybridized carbons (Fsp3) is 0.250. The first-order chi connectivity index (χ1) is 14.6. The monoisotopic (exact) mass is 442 g/mol. The van der Waals surface area contributed by atoms with Crippen LogP contribution in [0.4, 0.5) is 10.8 Å². The first-order valence-electron chi connectivity index (χ1n) is 9.39. The van der Waals surface area contributed by atoms with Crippen LogP contribution in [0.3, 0.4) is 0 Å². The largest absolute Gasteiger partial charge is 0.368 e. The molecule has 1 saturated heterocycles. The predicted octanol–water partition coefficient (Wildman–Crippen LogP) is 2.73. The third-order valence-electron chi connectivity index (χ3n) is 4.68. The number of nitrogens with zero attached hydrogens (tertiary/aromatic N) is 5. The second-order valence-corrected chi connectivity index (χ2v) is 7.99. The lowest BCUT2D eigenvalue weighted by Gasteiger charge is -2.36. The number of benzene rings is 1. The molecule has 154 valence electrons. The summed E-state index contributed by atoms with van der Waals surface area (Å²) in [4.78, 5) is 41.0. The summed E-state index contributed by atoms with van der Waals surface area (Å²) in [5.74, 6) is -0.335. The Hall–Kier alpha value is -3.04. The number of thiazole rings is 1. The average molecular weight is 443 g/mol. The van der Waals surface area contributed by atoms with E-state index in [1.54, 1.807) is 11.4 Å². The van der Waals surface area contributed by atoms with Crippen molar-refractivity contribution in [2.75, 3.05) is 36.4 Å². The summed E-state index contributed by atoms with van der Waals surface area (Å²) in [5.41, 5.74) is 1.70. The SMILES string of the molecule is O=C(Nc1nc(CC(=O)N2CCN(c3cccc(Cl)c3)CC2)cs1)c1ncccn1. The van der Waals surface area contributed by atoms with Crippen LogP contribution in [-0.2, 0) is 11.2 Å². The van der Waals surface area contributed by atoms with E-state index in [0.717, 1.165) is 18.8 Å². The zero-order valence-electron chi connectivity index (χ0n) is 16.0. The number of aromatic nitrogens is 3. The van der Waals surface area contributed by atoms with Crippen LogP contribution in [0.2, 0.25) is 5.02 Å². The van der Waals surface area contributed by atoms with Crippen LogP contribution >= 0.6 is 22.9 Å². The number of hydrogen-bond donors (Lipinski definition) is 1. The Morgan fingerprint density at radius 3 is 2.60 bits per heavy atom. The van der Waals surface area contributed by atoms with E-state index in [1.807, 2.05) is 29.2 Å². The number of nitrogens with one attached hydrogen (secondary N) is 1. The van der Waals surface area contributed by atoms with Gasteiger partial charge >= 0.3 is 0 Å². The summed E-state index contributed by atoms with van der Waals surface area (Å²) in [7, 11) is 0. The van der Waals surface area contributed by atoms with Crippen LogP contribution in [0, 0.1) is 0 Å². The third-order valence-corrected chi connectivity index (χ3v) is 5.72. The van der Waals surface area contributed by atoms with Crippen LogP contribution < -0.4 is 10.2 Å². The summed E-state index contributed by atoms with van der Waals surface area (Å²) in [6.07, 6.45) is 3.20. The molecule has 3 aromatic rings. The van der Waals surface area contributed by atoms with Gasteiger partial charge in [0, 0.05) is 54.7 Å². The fourth-order valence-electron chi connectivity index (χ4n) is 3.17. The minimum absolute atomic E-state index is 0.0234. The molecule has 8 nitrogen and oxygen atoms in total. The lowest BCUT2D eigenvalue weighted by molar-refractivity contribution is -0.130. The number of halogens is 1. The Morgan fingerprint density at radius 2 is 1.87 bits per heavy atom. The highest BCUT2D eigenvalue weighted by molar-refractivity contribution is 7.14. The molecule has 1 aliphatic heterocycles. The zero-order valence-corrected chi connectivity index (χ0v) is 17.6. The molecule has 0 radical (unpaired) electrons. The standard InChI is InChI=1S/C20H19ClN6O2S/c21-14-3-1-4-16(11-14)26-7-9-27(10-8-26)17(28)12-15-13-30-20(24-15)25-19(29)18-22-5-2-6-23-18/h1-6,11,13H,7-10,12H2,(H,24,25,29). The molecule has 0 aliphatic carbocycles. The molecule has 0 atom stereocenters. The maximum atomic E-state index is 12.7. The van der Waals surface area contributed by atoms with E-state index in [9.17, 15) is 9.59 Å². The molecule has 0 bridgehead atoms. The van der Waals surface area contributed by atoms with E-state index in [2.05, 4.69) is 25.2 Å². The Labute approximate surface area is 182 Å². The zero-order chi connectivity index (χ0) is 20.9. The number of anilines is 2. The maximum Gasteiger partial charge on any atom is 0.295 e. The van der Waals surface area contributed by atoms with E-state index >= 15 is 0 Å². The molecule has 2 amide bonds. The maximum absolute atomic E-state index is 12.7. The van der Waals surface area contributed by atoms with Crippen LogP contribution in [0.15, 0.2) is 48.1 Å². The molecule has 1 aromatic carbocycles. The average Bonchev–Trinajstić information content (AvgIpc) is 3.21. The van der Waals surface area contributed by atoms with E-state index in [0.29, 0.717) is 28.9 Å².